The maximum atomic E-state index is 12.6. The number of carbonyl (C=O) groups is 1. The van der Waals surface area contributed by atoms with Crippen LogP contribution in [0.2, 0.25) is 0 Å². The lowest BCUT2D eigenvalue weighted by atomic mass is 10.1. The Morgan fingerprint density at radius 1 is 0.972 bits per heavy atom. The number of methoxy groups -OCH3 is 1. The van der Waals surface area contributed by atoms with Crippen molar-refractivity contribution < 1.29 is 19.0 Å². The van der Waals surface area contributed by atoms with Crippen molar-refractivity contribution in [3.63, 3.8) is 0 Å². The van der Waals surface area contributed by atoms with Crippen LogP contribution in [0, 0.1) is 5.41 Å². The van der Waals surface area contributed by atoms with Crippen LogP contribution in [0.15, 0.2) is 88.7 Å². The average molecular weight is 500 g/mol. The summed E-state index contributed by atoms with van der Waals surface area (Å²) in [5.74, 6) is 1.68. The van der Waals surface area contributed by atoms with Crippen LogP contribution >= 0.6 is 11.8 Å². The SMILES string of the molecule is COc1ccc(OCCOc2ccc(C=C3C(=N)N4N=C(c5cccnc5)SC4=NC3=O)cc2)cc1. The van der Waals surface area contributed by atoms with E-state index in [-0.39, 0.29) is 11.4 Å². The van der Waals surface area contributed by atoms with E-state index in [9.17, 15) is 4.79 Å². The Morgan fingerprint density at radius 2 is 1.64 bits per heavy atom. The number of benzene rings is 2. The van der Waals surface area contributed by atoms with E-state index in [1.807, 2.05) is 42.5 Å². The molecule has 1 amide bonds. The van der Waals surface area contributed by atoms with Gasteiger partial charge in [-0.2, -0.15) is 15.1 Å². The first-order valence-corrected chi connectivity index (χ1v) is 11.8. The molecule has 0 atom stereocenters. The van der Waals surface area contributed by atoms with E-state index in [4.69, 9.17) is 19.6 Å². The zero-order valence-corrected chi connectivity index (χ0v) is 20.1. The van der Waals surface area contributed by atoms with Crippen LogP contribution < -0.4 is 14.2 Å². The van der Waals surface area contributed by atoms with Crippen LogP contribution in [-0.2, 0) is 4.79 Å². The van der Waals surface area contributed by atoms with Crippen molar-refractivity contribution in [2.24, 2.45) is 10.1 Å². The van der Waals surface area contributed by atoms with Crippen molar-refractivity contribution in [3.8, 4) is 17.2 Å². The minimum atomic E-state index is -0.475. The molecule has 3 heterocycles. The van der Waals surface area contributed by atoms with Gasteiger partial charge in [-0.25, -0.2) is 0 Å². The zero-order chi connectivity index (χ0) is 24.9. The molecule has 180 valence electrons. The van der Waals surface area contributed by atoms with Gasteiger partial charge in [0.25, 0.3) is 5.91 Å². The number of fused-ring (bicyclic) bond motifs is 1. The number of rotatable bonds is 8. The van der Waals surface area contributed by atoms with Crippen LogP contribution in [0.3, 0.4) is 0 Å². The third kappa shape index (κ3) is 5.13. The van der Waals surface area contributed by atoms with E-state index in [0.717, 1.165) is 22.6 Å². The van der Waals surface area contributed by atoms with Gasteiger partial charge in [0.1, 0.15) is 35.5 Å². The second kappa shape index (κ2) is 10.4. The molecule has 0 saturated heterocycles. The number of amidine groups is 2. The maximum absolute atomic E-state index is 12.6. The fraction of sp³-hybridized carbons (Fsp3) is 0.115. The summed E-state index contributed by atoms with van der Waals surface area (Å²) in [5.41, 5.74) is 1.71. The van der Waals surface area contributed by atoms with Gasteiger partial charge in [0.05, 0.1) is 12.7 Å². The van der Waals surface area contributed by atoms with Gasteiger partial charge in [0.15, 0.2) is 5.84 Å². The highest BCUT2D eigenvalue weighted by Gasteiger charge is 2.36. The highest BCUT2D eigenvalue weighted by atomic mass is 32.2. The van der Waals surface area contributed by atoms with Crippen LogP contribution in [0.1, 0.15) is 11.1 Å². The van der Waals surface area contributed by atoms with Crippen LogP contribution in [0.4, 0.5) is 0 Å². The van der Waals surface area contributed by atoms with E-state index in [2.05, 4.69) is 15.1 Å². The van der Waals surface area contributed by atoms with Gasteiger partial charge in [-0.15, -0.1) is 0 Å². The molecule has 2 aliphatic heterocycles. The summed E-state index contributed by atoms with van der Waals surface area (Å²) in [6.07, 6.45) is 4.99. The second-order valence-corrected chi connectivity index (χ2v) is 8.56. The molecule has 5 rings (SSSR count). The summed E-state index contributed by atoms with van der Waals surface area (Å²) in [5, 5.41) is 15.4. The number of hydrazone groups is 1. The third-order valence-electron chi connectivity index (χ3n) is 5.23. The van der Waals surface area contributed by atoms with Crippen molar-refractivity contribution in [3.05, 3.63) is 89.8 Å². The molecule has 0 saturated carbocycles. The van der Waals surface area contributed by atoms with Gasteiger partial charge < -0.3 is 14.2 Å². The van der Waals surface area contributed by atoms with Crippen molar-refractivity contribution >= 4 is 39.8 Å². The van der Waals surface area contributed by atoms with Gasteiger partial charge in [-0.3, -0.25) is 15.2 Å². The summed E-state index contributed by atoms with van der Waals surface area (Å²) in [4.78, 5) is 20.9. The lowest BCUT2D eigenvalue weighted by Crippen LogP contribution is -2.35. The van der Waals surface area contributed by atoms with Gasteiger partial charge in [-0.05, 0) is 71.9 Å². The first-order chi connectivity index (χ1) is 17.6. The van der Waals surface area contributed by atoms with Gasteiger partial charge in [0.2, 0.25) is 5.17 Å². The molecule has 3 aromatic rings. The minimum Gasteiger partial charge on any atom is -0.497 e. The number of thioether (sulfide) groups is 1. The normalized spacial score (nSPS) is 15.9. The zero-order valence-electron chi connectivity index (χ0n) is 19.2. The quantitative estimate of drug-likeness (QED) is 0.365. The maximum Gasteiger partial charge on any atom is 0.283 e. The monoisotopic (exact) mass is 499 g/mol. The Hall–Kier alpha value is -4.44. The number of nitrogens with zero attached hydrogens (tertiary/aromatic N) is 4. The lowest BCUT2D eigenvalue weighted by Gasteiger charge is -2.20. The number of aromatic nitrogens is 1. The molecule has 0 bridgehead atoms. The Bertz CT molecular complexity index is 1370. The average Bonchev–Trinajstić information content (AvgIpc) is 3.35. The number of pyridine rings is 1. The highest BCUT2D eigenvalue weighted by molar-refractivity contribution is 8.27. The lowest BCUT2D eigenvalue weighted by molar-refractivity contribution is -0.114. The van der Waals surface area contributed by atoms with Gasteiger partial charge in [-0.1, -0.05) is 12.1 Å². The number of ether oxygens (including phenoxy) is 3. The minimum absolute atomic E-state index is 0.0209. The van der Waals surface area contributed by atoms with E-state index >= 15 is 0 Å². The molecule has 36 heavy (non-hydrogen) atoms. The van der Waals surface area contributed by atoms with Crippen LogP contribution in [-0.4, -0.2) is 52.3 Å². The van der Waals surface area contributed by atoms with E-state index in [1.54, 1.807) is 43.8 Å². The Morgan fingerprint density at radius 3 is 2.28 bits per heavy atom. The predicted molar refractivity (Wildman–Crippen MR) is 139 cm³/mol. The number of carbonyl (C=O) groups excluding carboxylic acids is 1. The second-order valence-electron chi connectivity index (χ2n) is 7.61. The van der Waals surface area contributed by atoms with Crippen molar-refractivity contribution in [2.45, 2.75) is 0 Å². The molecule has 9 nitrogen and oxygen atoms in total. The number of nitrogens with one attached hydrogen (secondary N) is 1. The first kappa shape index (κ1) is 23.3. The van der Waals surface area contributed by atoms with E-state index < -0.39 is 5.91 Å². The third-order valence-corrected chi connectivity index (χ3v) is 6.19. The smallest absolute Gasteiger partial charge is 0.283 e. The standard InChI is InChI=1S/C26H21N5O4S/c1-33-19-8-10-21(11-9-19)35-14-13-34-20-6-4-17(5-7-20)15-22-23(27)31-26(29-24(22)32)36-25(30-31)18-3-2-12-28-16-18/h2-12,15-16,27H,13-14H2,1H3. The fourth-order valence-electron chi connectivity index (χ4n) is 3.42. The van der Waals surface area contributed by atoms with E-state index in [1.165, 1.54) is 16.8 Å². The molecular formula is C26H21N5O4S. The number of hydrogen-bond donors (Lipinski definition) is 1. The summed E-state index contributed by atoms with van der Waals surface area (Å²) in [7, 11) is 1.62. The topological polar surface area (TPSA) is 109 Å². The van der Waals surface area contributed by atoms with Crippen molar-refractivity contribution in [2.75, 3.05) is 20.3 Å². The molecule has 0 aliphatic carbocycles. The molecule has 2 aromatic carbocycles. The fourth-order valence-corrected chi connectivity index (χ4v) is 4.30. The number of aliphatic imine (C=N–C) groups is 1. The molecule has 0 unspecified atom stereocenters. The summed E-state index contributed by atoms with van der Waals surface area (Å²) < 4.78 is 16.5. The molecule has 0 radical (unpaired) electrons. The first-order valence-electron chi connectivity index (χ1n) is 11.0. The van der Waals surface area contributed by atoms with Crippen LogP contribution in [0.5, 0.6) is 17.2 Å². The Kier molecular flexibility index (Phi) is 6.76. The molecule has 10 heteroatoms. The molecule has 1 N–H and O–H groups in total. The highest BCUT2D eigenvalue weighted by Crippen LogP contribution is 2.30. The summed E-state index contributed by atoms with van der Waals surface area (Å²) in [6, 6.07) is 18.3. The molecular weight excluding hydrogens is 478 g/mol. The molecule has 0 fully saturated rings. The molecule has 0 spiro atoms. The van der Waals surface area contributed by atoms with Crippen molar-refractivity contribution in [1.29, 1.82) is 5.41 Å². The van der Waals surface area contributed by atoms with E-state index in [0.29, 0.717) is 29.2 Å². The molecule has 1 aromatic heterocycles. The largest absolute Gasteiger partial charge is 0.497 e. The predicted octanol–water partition coefficient (Wildman–Crippen LogP) is 4.22. The number of amides is 1. The van der Waals surface area contributed by atoms with Gasteiger partial charge in [0, 0.05) is 18.0 Å². The van der Waals surface area contributed by atoms with Crippen molar-refractivity contribution in [1.82, 2.24) is 9.99 Å². The Balaban J connectivity index is 1.20. The van der Waals surface area contributed by atoms with Crippen LogP contribution in [0.25, 0.3) is 6.08 Å². The Labute approximate surface area is 211 Å². The summed E-state index contributed by atoms with van der Waals surface area (Å²) >= 11 is 1.24. The number of hydrogen-bond acceptors (Lipinski definition) is 8. The van der Waals surface area contributed by atoms with Gasteiger partial charge >= 0.3 is 0 Å². The summed E-state index contributed by atoms with van der Waals surface area (Å²) in [6.45, 7) is 0.760. The molecule has 2 aliphatic rings.